The molecule has 5 rings (SSSR count). The van der Waals surface area contributed by atoms with Gasteiger partial charge in [-0.2, -0.15) is 0 Å². The smallest absolute Gasteiger partial charge is 0.402 e. The first-order valence-electron chi connectivity index (χ1n) is 46.9. The molecule has 4 saturated heterocycles. The van der Waals surface area contributed by atoms with Crippen LogP contribution in [0.1, 0.15) is 214 Å². The molecular weight excluding hydrogens is 1740 g/mol. The molecule has 131 heavy (non-hydrogen) atoms. The maximum absolute atomic E-state index is 14.7. The summed E-state index contributed by atoms with van der Waals surface area (Å²) in [5.41, 5.74) is 7.64. The number of piperidine rings is 1. The van der Waals surface area contributed by atoms with Crippen molar-refractivity contribution in [3.63, 3.8) is 0 Å². The first-order chi connectivity index (χ1) is 63.0. The molecule has 0 aromatic rings. The molecule has 4 aliphatic heterocycles. The SMILES string of the molecule is C/C=C\O[P+](=O)OCCCC1CCCC(C(=N)CCC/C=C/COCCOCCC(=O)N2CCC(C(=O)NC(COCCC(=O)NCCCCCCOC3OC(CO)C(O)C(O)C3NC(C)=O)(COCCC(=O)NCCCCCCOC3OC(CO)C(O)C(O)C3NC(C)=O)COCCC(=O)NCCCCCCOC3OC(CO)C(O)C(O)C3NC(C)=O)CC2)/C(=C(/C)N)CC1. The zero-order valence-electron chi connectivity index (χ0n) is 77.5. The number of carbonyl (C=O) groups excluding carboxylic acids is 8. The maximum atomic E-state index is 14.7. The molecule has 0 aromatic carbocycles. The van der Waals surface area contributed by atoms with E-state index in [0.717, 1.165) is 63.5 Å². The Hall–Kier alpha value is -6.49. The van der Waals surface area contributed by atoms with E-state index in [1.165, 1.54) is 32.6 Å². The zero-order valence-corrected chi connectivity index (χ0v) is 78.4. The van der Waals surface area contributed by atoms with E-state index in [1.807, 2.05) is 13.0 Å². The van der Waals surface area contributed by atoms with Gasteiger partial charge in [0.15, 0.2) is 18.9 Å². The Morgan fingerprint density at radius 2 is 0.939 bits per heavy atom. The molecule has 8 amide bonds. The lowest BCUT2D eigenvalue weighted by molar-refractivity contribution is -0.270. The third-order valence-corrected chi connectivity index (χ3v) is 24.2. The van der Waals surface area contributed by atoms with Crippen LogP contribution in [0.25, 0.3) is 0 Å². The predicted octanol–water partition coefficient (Wildman–Crippen LogP) is 1.81. The summed E-state index contributed by atoms with van der Waals surface area (Å²) in [4.78, 5) is 105. The Labute approximate surface area is 771 Å². The van der Waals surface area contributed by atoms with E-state index in [9.17, 15) is 88.9 Å². The summed E-state index contributed by atoms with van der Waals surface area (Å²) in [5, 5.41) is 120. The van der Waals surface area contributed by atoms with Crippen molar-refractivity contribution in [1.82, 2.24) is 42.1 Å². The summed E-state index contributed by atoms with van der Waals surface area (Å²) in [5.74, 6) is -2.93. The lowest BCUT2D eigenvalue weighted by Crippen LogP contribution is -2.64. The molecule has 1 saturated carbocycles. The predicted molar refractivity (Wildman–Crippen MR) is 477 cm³/mol. The fraction of sp³-hybridized carbons (Fsp3) is 0.831. The Balaban J connectivity index is 1.13. The topological polar surface area (TPSA) is 593 Å². The Morgan fingerprint density at radius 1 is 0.504 bits per heavy atom. The Bertz CT molecular complexity index is 3190. The van der Waals surface area contributed by atoms with Crippen LogP contribution in [-0.4, -0.2) is 346 Å². The number of nitrogens with two attached hydrogens (primary N) is 1. The molecule has 41 nitrogen and oxygen atoms in total. The van der Waals surface area contributed by atoms with Crippen molar-refractivity contribution < 1.29 is 150 Å². The van der Waals surface area contributed by atoms with Crippen LogP contribution in [0, 0.1) is 23.2 Å². The van der Waals surface area contributed by atoms with E-state index in [1.54, 1.807) is 17.9 Å². The number of likely N-dealkylation sites (tertiary alicyclic amines) is 1. The largest absolute Gasteiger partial charge is 0.749 e. The molecule has 0 radical (unpaired) electrons. The summed E-state index contributed by atoms with van der Waals surface area (Å²) in [6, 6.07) is -3.21. The molecule has 752 valence electrons. The molecule has 0 aromatic heterocycles. The minimum absolute atomic E-state index is 0.0449. The van der Waals surface area contributed by atoms with Gasteiger partial charge in [-0.05, 0) is 134 Å². The first kappa shape index (κ1) is 115. The van der Waals surface area contributed by atoms with Gasteiger partial charge < -0.3 is 151 Å². The quantitative estimate of drug-likeness (QED) is 0.0136. The van der Waals surface area contributed by atoms with Gasteiger partial charge >= 0.3 is 8.25 Å². The van der Waals surface area contributed by atoms with E-state index in [2.05, 4.69) is 43.3 Å². The Kier molecular flexibility index (Phi) is 58.7. The number of carbonyl (C=O) groups is 8. The van der Waals surface area contributed by atoms with Crippen LogP contribution in [0.3, 0.4) is 0 Å². The molecule has 0 bridgehead atoms. The van der Waals surface area contributed by atoms with Crippen LogP contribution in [-0.2, 0) is 104 Å². The van der Waals surface area contributed by atoms with E-state index in [0.29, 0.717) is 147 Å². The first-order valence-corrected chi connectivity index (χ1v) is 48.0. The summed E-state index contributed by atoms with van der Waals surface area (Å²) >= 11 is 0. The van der Waals surface area contributed by atoms with Crippen LogP contribution in [0.4, 0.5) is 0 Å². The standard InChI is InChI=1S/C89H155N10O31P/c1-6-42-126-131(117)127-47-24-26-64-25-23-27-67(66(30-29-64)60(2)90)68(91)28-15-7-11-19-43-118-52-53-119-51-36-75(109)99-40-31-65(32-41-99)85(116)98-89(57-120-48-33-72(106)92-37-16-8-12-20-44-123-86-76(95-61(3)103)82(113)79(110)69(54-100)128-86,58-121-49-34-73(107)93-38-17-9-13-21-45-124-87-77(96-62(4)104)83(114)80(111)70(55-101)129-87)59-122-50-35-74(108)94-39-18-10-14-22-46-125-88-78(97-63(5)105)84(115)81(112)71(56-102)130-88/h6,11,19,42,64-65,67,69-71,76-84,86-88,91,100-102,110-115H,7-10,12-18,20-41,43-59,90H2,1-5H3,(H6-,92,93,94,95,96,97,98,103,104,105,106,107,108,116)/p+1/b19-11+,42-6-,66-60-,91-68?. The van der Waals surface area contributed by atoms with E-state index < -0.39 is 149 Å². The minimum Gasteiger partial charge on any atom is -0.402 e. The second-order valence-corrected chi connectivity index (χ2v) is 35.1. The highest BCUT2D eigenvalue weighted by atomic mass is 31.1. The second kappa shape index (κ2) is 66.9. The fourth-order valence-corrected chi connectivity index (χ4v) is 16.7. The van der Waals surface area contributed by atoms with Gasteiger partial charge in [0, 0.05) is 120 Å². The van der Waals surface area contributed by atoms with Crippen molar-refractivity contribution in [2.24, 2.45) is 23.5 Å². The normalized spacial score (nSPS) is 26.0. The highest BCUT2D eigenvalue weighted by Gasteiger charge is 2.49. The molecule has 5 aliphatic rings. The Morgan fingerprint density at radius 3 is 1.37 bits per heavy atom. The van der Waals surface area contributed by atoms with Gasteiger partial charge in [-0.1, -0.05) is 63.5 Å². The average molecular weight is 1890 g/mol. The van der Waals surface area contributed by atoms with E-state index in [4.69, 9.17) is 72.3 Å². The summed E-state index contributed by atoms with van der Waals surface area (Å²) in [7, 11) is -2.16. The van der Waals surface area contributed by atoms with Gasteiger partial charge in [0.2, 0.25) is 47.3 Å². The highest BCUT2D eigenvalue weighted by molar-refractivity contribution is 7.33. The second-order valence-electron chi connectivity index (χ2n) is 34.2. The van der Waals surface area contributed by atoms with Crippen LogP contribution in [0.2, 0.25) is 0 Å². The lowest BCUT2D eigenvalue weighted by Gasteiger charge is -2.42. The number of ether oxygens (including phenoxy) is 11. The van der Waals surface area contributed by atoms with Crippen molar-refractivity contribution in [3.05, 3.63) is 35.8 Å². The number of rotatable bonds is 67. The molecule has 5 fully saturated rings. The summed E-state index contributed by atoms with van der Waals surface area (Å²) in [6.45, 7) is 8.21. The van der Waals surface area contributed by atoms with E-state index in [-0.39, 0.29) is 147 Å². The molecule has 18 unspecified atom stereocenters. The van der Waals surface area contributed by atoms with Crippen molar-refractivity contribution in [1.29, 1.82) is 5.41 Å². The molecular formula is C89H156N10O31P+. The van der Waals surface area contributed by atoms with E-state index >= 15 is 0 Å². The highest BCUT2D eigenvalue weighted by Crippen LogP contribution is 2.36. The third-order valence-electron chi connectivity index (χ3n) is 23.5. The number of hydrogen-bond donors (Lipinski definition) is 18. The van der Waals surface area contributed by atoms with Crippen LogP contribution < -0.4 is 43.0 Å². The lowest BCUT2D eigenvalue weighted by atomic mass is 9.77. The number of unbranched alkanes of at least 4 members (excludes halogenated alkanes) is 10. The molecule has 0 spiro atoms. The number of allylic oxidation sites excluding steroid dienone is 4. The van der Waals surface area contributed by atoms with Crippen molar-refractivity contribution in [2.75, 3.05) is 145 Å². The molecule has 42 heteroatoms. The van der Waals surface area contributed by atoms with Gasteiger partial charge in [-0.3, -0.25) is 38.4 Å². The minimum atomic E-state index is -2.16. The van der Waals surface area contributed by atoms with Crippen LogP contribution in [0.5, 0.6) is 0 Å². The fourth-order valence-electron chi connectivity index (χ4n) is 16.1. The van der Waals surface area contributed by atoms with Gasteiger partial charge in [0.25, 0.3) is 0 Å². The van der Waals surface area contributed by atoms with Crippen molar-refractivity contribution in [3.8, 4) is 0 Å². The number of amides is 8. The van der Waals surface area contributed by atoms with Gasteiger partial charge in [-0.25, -0.2) is 4.52 Å². The monoisotopic (exact) mass is 1890 g/mol. The maximum Gasteiger partial charge on any atom is 0.749 e. The molecule has 19 N–H and O–H groups in total. The number of nitrogens with one attached hydrogen (secondary N) is 8. The van der Waals surface area contributed by atoms with Gasteiger partial charge in [-0.15, -0.1) is 4.52 Å². The van der Waals surface area contributed by atoms with Gasteiger partial charge in [0.05, 0.1) is 92.3 Å². The summed E-state index contributed by atoms with van der Waals surface area (Å²) in [6.07, 6.45) is 8.53. The zero-order chi connectivity index (χ0) is 95.7. The number of hydrogen-bond acceptors (Lipinski definition) is 33. The number of aliphatic hydroxyl groups excluding tert-OH is 9. The van der Waals surface area contributed by atoms with Crippen LogP contribution in [0.15, 0.2) is 35.8 Å². The van der Waals surface area contributed by atoms with Crippen LogP contribution >= 0.6 is 8.25 Å². The number of nitrogens with zero attached hydrogens (tertiary/aromatic N) is 1. The third kappa shape index (κ3) is 45.4. The number of aliphatic hydroxyl groups is 9. The summed E-state index contributed by atoms with van der Waals surface area (Å²) < 4.78 is 86.8. The average Bonchev–Trinajstić information content (AvgIpc) is 0.814. The van der Waals surface area contributed by atoms with Gasteiger partial charge in [0.1, 0.15) is 91.5 Å². The van der Waals surface area contributed by atoms with Crippen molar-refractivity contribution in [2.45, 2.75) is 312 Å². The molecule has 18 atom stereocenters. The molecule has 1 aliphatic carbocycles. The molecule has 4 heterocycles. The van der Waals surface area contributed by atoms with Crippen molar-refractivity contribution >= 4 is 61.2 Å².